The average molecular weight is 247 g/mol. The Kier molecular flexibility index (Phi) is 4.34. The van der Waals surface area contributed by atoms with Crippen LogP contribution in [0.3, 0.4) is 0 Å². The van der Waals surface area contributed by atoms with Crippen molar-refractivity contribution in [2.75, 3.05) is 11.4 Å². The highest BCUT2D eigenvalue weighted by Gasteiger charge is 2.32. The third kappa shape index (κ3) is 3.89. The van der Waals surface area contributed by atoms with Gasteiger partial charge in [0.2, 0.25) is 0 Å². The van der Waals surface area contributed by atoms with Gasteiger partial charge in [-0.05, 0) is 19.9 Å². The van der Waals surface area contributed by atoms with Crippen molar-refractivity contribution >= 4 is 5.69 Å². The van der Waals surface area contributed by atoms with Gasteiger partial charge in [0.15, 0.2) is 0 Å². The number of pyridine rings is 1. The quantitative estimate of drug-likeness (QED) is 0.887. The molecule has 0 atom stereocenters. The van der Waals surface area contributed by atoms with E-state index >= 15 is 0 Å². The number of hydrogen-bond donors (Lipinski definition) is 1. The fraction of sp³-hybridized carbons (Fsp3) is 0.545. The average Bonchev–Trinajstić information content (AvgIpc) is 2.24. The molecular weight excluding hydrogens is 231 g/mol. The Balaban J connectivity index is 3.05. The Morgan fingerprint density at radius 3 is 2.53 bits per heavy atom. The minimum Gasteiger partial charge on any atom is -0.360 e. The number of rotatable bonds is 4. The minimum atomic E-state index is -4.24. The zero-order valence-electron chi connectivity index (χ0n) is 9.83. The molecule has 0 aliphatic rings. The van der Waals surface area contributed by atoms with Crippen molar-refractivity contribution in [1.29, 1.82) is 0 Å². The molecule has 0 amide bonds. The summed E-state index contributed by atoms with van der Waals surface area (Å²) in [5.41, 5.74) is 6.62. The highest BCUT2D eigenvalue weighted by molar-refractivity contribution is 5.53. The van der Waals surface area contributed by atoms with Crippen LogP contribution >= 0.6 is 0 Å². The molecule has 0 bridgehead atoms. The first-order chi connectivity index (χ1) is 7.85. The molecule has 0 aromatic carbocycles. The molecule has 0 fully saturated rings. The second-order valence-electron chi connectivity index (χ2n) is 4.05. The molecule has 0 radical (unpaired) electrons. The third-order valence-electron chi connectivity index (χ3n) is 2.38. The maximum Gasteiger partial charge on any atom is 0.405 e. The summed E-state index contributed by atoms with van der Waals surface area (Å²) in [5.74, 6) is 0. The molecule has 2 N–H and O–H groups in total. The van der Waals surface area contributed by atoms with Crippen molar-refractivity contribution in [1.82, 2.24) is 4.98 Å². The van der Waals surface area contributed by atoms with Crippen molar-refractivity contribution < 1.29 is 13.2 Å². The van der Waals surface area contributed by atoms with Gasteiger partial charge in [-0.3, -0.25) is 4.98 Å². The second-order valence-corrected chi connectivity index (χ2v) is 4.05. The van der Waals surface area contributed by atoms with Crippen LogP contribution in [0.25, 0.3) is 0 Å². The first kappa shape index (κ1) is 13.8. The molecule has 96 valence electrons. The second kappa shape index (κ2) is 5.35. The lowest BCUT2D eigenvalue weighted by Gasteiger charge is -2.31. The Morgan fingerprint density at radius 1 is 1.41 bits per heavy atom. The molecule has 1 heterocycles. The van der Waals surface area contributed by atoms with Gasteiger partial charge in [0.25, 0.3) is 0 Å². The maximum absolute atomic E-state index is 12.5. The van der Waals surface area contributed by atoms with Crippen molar-refractivity contribution in [3.8, 4) is 0 Å². The summed E-state index contributed by atoms with van der Waals surface area (Å²) in [4.78, 5) is 5.15. The lowest BCUT2D eigenvalue weighted by molar-refractivity contribution is -0.120. The Bertz CT molecular complexity index is 363. The highest BCUT2D eigenvalue weighted by Crippen LogP contribution is 2.26. The number of anilines is 1. The topological polar surface area (TPSA) is 42.2 Å². The summed E-state index contributed by atoms with van der Waals surface area (Å²) in [7, 11) is 0. The van der Waals surface area contributed by atoms with Gasteiger partial charge in [-0.25, -0.2) is 0 Å². The molecule has 1 rings (SSSR count). The Hall–Kier alpha value is -1.30. The van der Waals surface area contributed by atoms with E-state index in [1.165, 1.54) is 17.3 Å². The van der Waals surface area contributed by atoms with Gasteiger partial charge in [0, 0.05) is 36.2 Å². The molecule has 1 aromatic rings. The lowest BCUT2D eigenvalue weighted by atomic mass is 10.1. The fourth-order valence-electron chi connectivity index (χ4n) is 1.60. The number of hydrogen-bond acceptors (Lipinski definition) is 3. The third-order valence-corrected chi connectivity index (χ3v) is 2.38. The van der Waals surface area contributed by atoms with Crippen LogP contribution < -0.4 is 10.6 Å². The summed E-state index contributed by atoms with van der Waals surface area (Å²) >= 11 is 0. The van der Waals surface area contributed by atoms with Crippen LogP contribution in [0.2, 0.25) is 0 Å². The summed E-state index contributed by atoms with van der Waals surface area (Å²) in [6, 6.07) is 1.30. The van der Waals surface area contributed by atoms with Crippen LogP contribution in [0.15, 0.2) is 18.5 Å². The molecule has 17 heavy (non-hydrogen) atoms. The monoisotopic (exact) mass is 247 g/mol. The van der Waals surface area contributed by atoms with Crippen LogP contribution in [-0.4, -0.2) is 23.7 Å². The number of alkyl halides is 3. The van der Waals surface area contributed by atoms with Gasteiger partial charge in [0.05, 0.1) is 0 Å². The number of halogens is 3. The lowest BCUT2D eigenvalue weighted by Crippen LogP contribution is -2.39. The van der Waals surface area contributed by atoms with Crippen molar-refractivity contribution in [2.45, 2.75) is 32.6 Å². The van der Waals surface area contributed by atoms with E-state index in [-0.39, 0.29) is 12.6 Å². The van der Waals surface area contributed by atoms with Crippen LogP contribution in [0, 0.1) is 0 Å². The summed E-state index contributed by atoms with van der Waals surface area (Å²) in [6.45, 7) is 2.62. The van der Waals surface area contributed by atoms with Crippen LogP contribution in [0.5, 0.6) is 0 Å². The summed E-state index contributed by atoms with van der Waals surface area (Å²) < 4.78 is 37.5. The number of aromatic nitrogens is 1. The minimum absolute atomic E-state index is 0.171. The summed E-state index contributed by atoms with van der Waals surface area (Å²) in [6.07, 6.45) is -1.26. The number of nitrogens with two attached hydrogens (primary N) is 1. The largest absolute Gasteiger partial charge is 0.405 e. The fourth-order valence-corrected chi connectivity index (χ4v) is 1.60. The highest BCUT2D eigenvalue weighted by atomic mass is 19.4. The van der Waals surface area contributed by atoms with Crippen molar-refractivity contribution in [3.05, 3.63) is 24.0 Å². The van der Waals surface area contributed by atoms with E-state index in [1.54, 1.807) is 19.9 Å². The normalized spacial score (nSPS) is 11.9. The molecule has 0 unspecified atom stereocenters. The zero-order valence-corrected chi connectivity index (χ0v) is 9.83. The van der Waals surface area contributed by atoms with E-state index in [9.17, 15) is 13.2 Å². The number of nitrogens with zero attached hydrogens (tertiary/aromatic N) is 2. The molecule has 1 aromatic heterocycles. The van der Waals surface area contributed by atoms with Crippen molar-refractivity contribution in [2.24, 2.45) is 5.73 Å². The Labute approximate surface area is 98.4 Å². The molecule has 3 nitrogen and oxygen atoms in total. The molecule has 0 saturated heterocycles. The van der Waals surface area contributed by atoms with Crippen LogP contribution in [-0.2, 0) is 6.54 Å². The van der Waals surface area contributed by atoms with Gasteiger partial charge in [0.1, 0.15) is 6.54 Å². The Morgan fingerprint density at radius 2 is 2.06 bits per heavy atom. The zero-order chi connectivity index (χ0) is 13.1. The van der Waals surface area contributed by atoms with Gasteiger partial charge in [-0.2, -0.15) is 13.2 Å². The van der Waals surface area contributed by atoms with Gasteiger partial charge >= 0.3 is 6.18 Å². The molecule has 0 aliphatic heterocycles. The van der Waals surface area contributed by atoms with E-state index in [1.807, 2.05) is 0 Å². The molecular formula is C11H16F3N3. The predicted octanol–water partition coefficient (Wildman–Crippen LogP) is 2.32. The smallest absolute Gasteiger partial charge is 0.360 e. The first-order valence-corrected chi connectivity index (χ1v) is 5.31. The van der Waals surface area contributed by atoms with Gasteiger partial charge < -0.3 is 10.6 Å². The summed E-state index contributed by atoms with van der Waals surface area (Å²) in [5, 5.41) is 0. The van der Waals surface area contributed by atoms with Crippen molar-refractivity contribution in [3.63, 3.8) is 0 Å². The maximum atomic E-state index is 12.5. The molecule has 0 aliphatic carbocycles. The van der Waals surface area contributed by atoms with E-state index in [2.05, 4.69) is 4.98 Å². The standard InChI is InChI=1S/C11H16F3N3/c1-8(2)17(7-11(12,13)14)10-3-4-16-6-9(10)5-15/h3-4,6,8H,5,7,15H2,1-2H3. The van der Waals surface area contributed by atoms with Crippen LogP contribution in [0.4, 0.5) is 18.9 Å². The van der Waals surface area contributed by atoms with Crippen LogP contribution in [0.1, 0.15) is 19.4 Å². The predicted molar refractivity (Wildman–Crippen MR) is 60.7 cm³/mol. The SMILES string of the molecule is CC(C)N(CC(F)(F)F)c1ccncc1CN. The van der Waals surface area contributed by atoms with E-state index in [0.29, 0.717) is 11.3 Å². The molecule has 0 spiro atoms. The first-order valence-electron chi connectivity index (χ1n) is 5.31. The van der Waals surface area contributed by atoms with E-state index in [0.717, 1.165) is 0 Å². The van der Waals surface area contributed by atoms with E-state index < -0.39 is 12.7 Å². The van der Waals surface area contributed by atoms with Gasteiger partial charge in [-0.15, -0.1) is 0 Å². The molecule has 0 saturated carbocycles. The molecule has 6 heteroatoms. The van der Waals surface area contributed by atoms with Gasteiger partial charge in [-0.1, -0.05) is 0 Å². The van der Waals surface area contributed by atoms with E-state index in [4.69, 9.17) is 5.73 Å².